The van der Waals surface area contributed by atoms with Crippen molar-refractivity contribution in [2.75, 3.05) is 7.05 Å². The molecule has 0 aliphatic carbocycles. The molecular weight excluding hydrogens is 364 g/mol. The number of aromatic nitrogens is 7. The van der Waals surface area contributed by atoms with E-state index < -0.39 is 5.91 Å². The molecule has 1 amide bonds. The zero-order chi connectivity index (χ0) is 19.5. The van der Waals surface area contributed by atoms with E-state index in [-0.39, 0.29) is 23.7 Å². The van der Waals surface area contributed by atoms with Crippen molar-refractivity contribution in [2.24, 2.45) is 0 Å². The van der Waals surface area contributed by atoms with Crippen LogP contribution in [0.15, 0.2) is 53.4 Å². The normalized spacial score (nSPS) is 10.8. The van der Waals surface area contributed by atoms with Crippen LogP contribution >= 0.6 is 0 Å². The van der Waals surface area contributed by atoms with Crippen LogP contribution in [0.3, 0.4) is 0 Å². The van der Waals surface area contributed by atoms with Gasteiger partial charge in [-0.3, -0.25) is 9.78 Å². The fourth-order valence-corrected chi connectivity index (χ4v) is 2.52. The van der Waals surface area contributed by atoms with E-state index in [1.165, 1.54) is 28.0 Å². The number of aromatic hydroxyl groups is 1. The molecule has 3 aromatic heterocycles. The van der Waals surface area contributed by atoms with Crippen LogP contribution < -0.4 is 0 Å². The Morgan fingerprint density at radius 3 is 2.89 bits per heavy atom. The number of phenolic OH excluding ortho intramolecular Hbond substituents is 1. The van der Waals surface area contributed by atoms with E-state index >= 15 is 0 Å². The summed E-state index contributed by atoms with van der Waals surface area (Å²) in [5, 5.41) is 24.9. The summed E-state index contributed by atoms with van der Waals surface area (Å²) in [6.45, 7) is 0.0762. The highest BCUT2D eigenvalue weighted by atomic mass is 16.5. The Kier molecular flexibility index (Phi) is 4.46. The minimum Gasteiger partial charge on any atom is -0.507 e. The third kappa shape index (κ3) is 3.40. The molecule has 28 heavy (non-hydrogen) atoms. The van der Waals surface area contributed by atoms with Crippen LogP contribution in [0.4, 0.5) is 0 Å². The summed E-state index contributed by atoms with van der Waals surface area (Å²) < 4.78 is 6.56. The van der Waals surface area contributed by atoms with Crippen LogP contribution in [0.1, 0.15) is 16.2 Å². The maximum absolute atomic E-state index is 12.7. The molecule has 3 heterocycles. The molecule has 1 aromatic carbocycles. The van der Waals surface area contributed by atoms with E-state index in [1.807, 2.05) is 6.07 Å². The monoisotopic (exact) mass is 378 g/mol. The van der Waals surface area contributed by atoms with Crippen LogP contribution in [-0.2, 0) is 6.54 Å². The molecule has 4 rings (SSSR count). The van der Waals surface area contributed by atoms with Crippen molar-refractivity contribution >= 4 is 5.91 Å². The number of benzene rings is 1. The largest absolute Gasteiger partial charge is 0.507 e. The maximum Gasteiger partial charge on any atom is 0.257 e. The third-order valence-electron chi connectivity index (χ3n) is 3.91. The predicted octanol–water partition coefficient (Wildman–Crippen LogP) is 1.09. The lowest BCUT2D eigenvalue weighted by molar-refractivity contribution is 0.0766. The first-order chi connectivity index (χ1) is 13.6. The van der Waals surface area contributed by atoms with Gasteiger partial charge >= 0.3 is 0 Å². The summed E-state index contributed by atoms with van der Waals surface area (Å²) in [6, 6.07) is 9.89. The molecule has 0 aliphatic rings. The summed E-state index contributed by atoms with van der Waals surface area (Å²) in [5.74, 6) is -0.00528. The highest BCUT2D eigenvalue weighted by molar-refractivity contribution is 5.96. The molecule has 0 aliphatic heterocycles. The zero-order valence-electron chi connectivity index (χ0n) is 14.7. The van der Waals surface area contributed by atoms with Crippen LogP contribution in [0, 0.1) is 0 Å². The first-order valence-electron chi connectivity index (χ1n) is 8.17. The van der Waals surface area contributed by atoms with E-state index in [4.69, 9.17) is 4.52 Å². The van der Waals surface area contributed by atoms with Gasteiger partial charge < -0.3 is 14.5 Å². The van der Waals surface area contributed by atoms with E-state index in [2.05, 4.69) is 30.7 Å². The van der Waals surface area contributed by atoms with Crippen molar-refractivity contribution in [3.63, 3.8) is 0 Å². The van der Waals surface area contributed by atoms with E-state index in [9.17, 15) is 9.90 Å². The first-order valence-corrected chi connectivity index (χ1v) is 8.17. The number of pyridine rings is 1. The van der Waals surface area contributed by atoms with Gasteiger partial charge in [-0.2, -0.15) is 4.98 Å². The fraction of sp³-hybridized carbons (Fsp3) is 0.118. The Hall–Kier alpha value is -4.15. The molecule has 0 fully saturated rings. The van der Waals surface area contributed by atoms with Crippen LogP contribution in [0.5, 0.6) is 5.75 Å². The van der Waals surface area contributed by atoms with Gasteiger partial charge in [0, 0.05) is 19.3 Å². The number of hydrogen-bond acceptors (Lipinski definition) is 9. The SMILES string of the molecule is CN(Cc1nc(-c2ccccn2)no1)C(=O)c1ccc(-n2cnnn2)cc1O. The molecule has 0 bridgehead atoms. The Balaban J connectivity index is 1.49. The number of amides is 1. The minimum atomic E-state index is -0.404. The lowest BCUT2D eigenvalue weighted by Gasteiger charge is -2.16. The zero-order valence-corrected chi connectivity index (χ0v) is 14.7. The number of tetrazole rings is 1. The number of carbonyl (C=O) groups excluding carboxylic acids is 1. The average Bonchev–Trinajstić information content (AvgIpc) is 3.40. The van der Waals surface area contributed by atoms with Crippen molar-refractivity contribution in [2.45, 2.75) is 6.54 Å². The summed E-state index contributed by atoms with van der Waals surface area (Å²) >= 11 is 0. The number of carbonyl (C=O) groups is 1. The second-order valence-electron chi connectivity index (χ2n) is 5.84. The standard InChI is InChI=1S/C17H14N8O3/c1-24(9-15-20-16(21-28-15)13-4-2-3-7-18-13)17(27)12-6-5-11(8-14(12)26)25-10-19-22-23-25/h2-8,10,26H,9H2,1H3. The maximum atomic E-state index is 12.7. The third-order valence-corrected chi connectivity index (χ3v) is 3.91. The lowest BCUT2D eigenvalue weighted by Crippen LogP contribution is -2.26. The van der Waals surface area contributed by atoms with E-state index in [0.29, 0.717) is 17.2 Å². The molecule has 0 saturated carbocycles. The summed E-state index contributed by atoms with van der Waals surface area (Å²) in [7, 11) is 1.57. The van der Waals surface area contributed by atoms with Crippen LogP contribution in [-0.4, -0.2) is 58.3 Å². The van der Waals surface area contributed by atoms with Crippen LogP contribution in [0.2, 0.25) is 0 Å². The quantitative estimate of drug-likeness (QED) is 0.541. The van der Waals surface area contributed by atoms with Crippen molar-refractivity contribution in [3.8, 4) is 23.0 Å². The van der Waals surface area contributed by atoms with Crippen molar-refractivity contribution < 1.29 is 14.4 Å². The minimum absolute atomic E-state index is 0.0762. The molecule has 0 radical (unpaired) electrons. The second-order valence-corrected chi connectivity index (χ2v) is 5.84. The van der Waals surface area contributed by atoms with Gasteiger partial charge in [0.25, 0.3) is 5.91 Å². The lowest BCUT2D eigenvalue weighted by atomic mass is 10.1. The molecule has 0 atom stereocenters. The fourth-order valence-electron chi connectivity index (χ4n) is 2.52. The van der Waals surface area contributed by atoms with Crippen molar-refractivity contribution in [1.82, 2.24) is 40.2 Å². The van der Waals surface area contributed by atoms with Gasteiger partial charge in [0.1, 0.15) is 24.3 Å². The van der Waals surface area contributed by atoms with Gasteiger partial charge in [-0.15, -0.1) is 5.10 Å². The smallest absolute Gasteiger partial charge is 0.257 e. The Bertz CT molecular complexity index is 1090. The molecule has 0 spiro atoms. The van der Waals surface area contributed by atoms with Crippen molar-refractivity contribution in [1.29, 1.82) is 0 Å². The number of phenols is 1. The molecule has 11 heteroatoms. The average molecular weight is 378 g/mol. The Morgan fingerprint density at radius 1 is 1.29 bits per heavy atom. The van der Waals surface area contributed by atoms with Gasteiger partial charge in [-0.05, 0) is 34.7 Å². The Labute approximate surface area is 158 Å². The number of rotatable bonds is 5. The van der Waals surface area contributed by atoms with Crippen LogP contribution in [0.25, 0.3) is 17.2 Å². The number of nitrogens with zero attached hydrogens (tertiary/aromatic N) is 8. The van der Waals surface area contributed by atoms with Gasteiger partial charge in [-0.25, -0.2) is 4.68 Å². The summed E-state index contributed by atoms with van der Waals surface area (Å²) in [5.41, 5.74) is 1.23. The van der Waals surface area contributed by atoms with Crippen molar-refractivity contribution in [3.05, 3.63) is 60.4 Å². The molecule has 11 nitrogen and oxygen atoms in total. The predicted molar refractivity (Wildman–Crippen MR) is 94.1 cm³/mol. The van der Waals surface area contributed by atoms with Gasteiger partial charge in [0.05, 0.1) is 11.3 Å². The topological polar surface area (TPSA) is 136 Å². The summed E-state index contributed by atoms with van der Waals surface area (Å²) in [4.78, 5) is 22.4. The Morgan fingerprint density at radius 2 is 2.18 bits per heavy atom. The van der Waals surface area contributed by atoms with Gasteiger partial charge in [0.2, 0.25) is 11.7 Å². The molecule has 4 aromatic rings. The van der Waals surface area contributed by atoms with Gasteiger partial charge in [0.15, 0.2) is 0 Å². The molecule has 140 valence electrons. The number of hydrogen-bond donors (Lipinski definition) is 1. The molecule has 0 unspecified atom stereocenters. The molecule has 0 saturated heterocycles. The highest BCUT2D eigenvalue weighted by Gasteiger charge is 2.19. The highest BCUT2D eigenvalue weighted by Crippen LogP contribution is 2.22. The van der Waals surface area contributed by atoms with Gasteiger partial charge in [-0.1, -0.05) is 11.2 Å². The summed E-state index contributed by atoms with van der Waals surface area (Å²) in [6.07, 6.45) is 3.01. The molecular formula is C17H14N8O3. The van der Waals surface area contributed by atoms with E-state index in [0.717, 1.165) is 0 Å². The van der Waals surface area contributed by atoms with E-state index in [1.54, 1.807) is 31.4 Å². The second kappa shape index (κ2) is 7.23. The first kappa shape index (κ1) is 17.3. The molecule has 1 N–H and O–H groups in total.